The molecule has 1 aromatic heterocycles. The molecule has 1 N–H and O–H groups in total. The minimum Gasteiger partial charge on any atom is -0.355 e. The van der Waals surface area contributed by atoms with Crippen molar-refractivity contribution >= 4 is 5.91 Å². The van der Waals surface area contributed by atoms with E-state index in [2.05, 4.69) is 10.5 Å². The molecule has 88 valence electrons. The van der Waals surface area contributed by atoms with E-state index in [-0.39, 0.29) is 11.9 Å². The predicted molar refractivity (Wildman–Crippen MR) is 64.5 cm³/mol. The van der Waals surface area contributed by atoms with Crippen LogP contribution in [0.3, 0.4) is 0 Å². The van der Waals surface area contributed by atoms with Crippen molar-refractivity contribution in [3.63, 3.8) is 0 Å². The molecule has 0 saturated carbocycles. The van der Waals surface area contributed by atoms with Gasteiger partial charge in [0.2, 0.25) is 0 Å². The first-order valence-corrected chi connectivity index (χ1v) is 5.49. The zero-order valence-electron chi connectivity index (χ0n) is 9.81. The van der Waals surface area contributed by atoms with Crippen molar-refractivity contribution in [1.29, 1.82) is 0 Å². The maximum atomic E-state index is 11.9. The van der Waals surface area contributed by atoms with E-state index < -0.39 is 0 Å². The Balaban J connectivity index is 2.32. The van der Waals surface area contributed by atoms with E-state index >= 15 is 0 Å². The number of amides is 1. The Labute approximate surface area is 99.6 Å². The number of hydrogen-bond acceptors (Lipinski definition) is 3. The quantitative estimate of drug-likeness (QED) is 0.881. The van der Waals surface area contributed by atoms with E-state index in [1.807, 2.05) is 44.2 Å². The Morgan fingerprint density at radius 1 is 1.29 bits per heavy atom. The molecule has 0 aliphatic heterocycles. The van der Waals surface area contributed by atoms with E-state index in [9.17, 15) is 4.79 Å². The highest BCUT2D eigenvalue weighted by molar-refractivity contribution is 5.99. The van der Waals surface area contributed by atoms with Crippen molar-refractivity contribution in [2.75, 3.05) is 0 Å². The normalized spacial score (nSPS) is 10.5. The molecule has 17 heavy (non-hydrogen) atoms. The van der Waals surface area contributed by atoms with Crippen LogP contribution < -0.4 is 5.32 Å². The topological polar surface area (TPSA) is 55.1 Å². The van der Waals surface area contributed by atoms with Crippen LogP contribution in [0.1, 0.15) is 24.2 Å². The van der Waals surface area contributed by atoms with E-state index in [1.54, 1.807) is 0 Å². The molecule has 0 radical (unpaired) electrons. The van der Waals surface area contributed by atoms with Gasteiger partial charge in [-0.05, 0) is 13.8 Å². The molecule has 2 aromatic rings. The number of benzene rings is 1. The number of rotatable bonds is 3. The van der Waals surface area contributed by atoms with Crippen molar-refractivity contribution in [2.24, 2.45) is 0 Å². The summed E-state index contributed by atoms with van der Waals surface area (Å²) in [5.41, 5.74) is 1.31. The molecule has 0 atom stereocenters. The van der Waals surface area contributed by atoms with Crippen LogP contribution in [0, 0.1) is 0 Å². The molecule has 1 amide bonds. The lowest BCUT2D eigenvalue weighted by Crippen LogP contribution is -2.30. The van der Waals surface area contributed by atoms with Gasteiger partial charge in [0.1, 0.15) is 5.56 Å². The molecule has 4 nitrogen and oxygen atoms in total. The van der Waals surface area contributed by atoms with Gasteiger partial charge >= 0.3 is 0 Å². The van der Waals surface area contributed by atoms with Gasteiger partial charge in [-0.25, -0.2) is 0 Å². The largest absolute Gasteiger partial charge is 0.355 e. The van der Waals surface area contributed by atoms with Crippen LogP contribution in [0.25, 0.3) is 11.3 Å². The van der Waals surface area contributed by atoms with Gasteiger partial charge in [-0.15, -0.1) is 0 Å². The lowest BCUT2D eigenvalue weighted by molar-refractivity contribution is 0.0943. The van der Waals surface area contributed by atoms with Gasteiger partial charge in [-0.3, -0.25) is 4.79 Å². The molecule has 0 bridgehead atoms. The summed E-state index contributed by atoms with van der Waals surface area (Å²) in [6, 6.07) is 9.54. The summed E-state index contributed by atoms with van der Waals surface area (Å²) in [5, 5.41) is 6.51. The van der Waals surface area contributed by atoms with Crippen LogP contribution in [0.4, 0.5) is 0 Å². The molecule has 4 heteroatoms. The minimum atomic E-state index is -0.167. The lowest BCUT2D eigenvalue weighted by Gasteiger charge is -2.07. The van der Waals surface area contributed by atoms with Crippen LogP contribution in [0.15, 0.2) is 41.1 Å². The van der Waals surface area contributed by atoms with Crippen LogP contribution >= 0.6 is 0 Å². The monoisotopic (exact) mass is 230 g/mol. The number of nitrogens with zero attached hydrogens (tertiary/aromatic N) is 1. The summed E-state index contributed by atoms with van der Waals surface area (Å²) in [4.78, 5) is 11.9. The van der Waals surface area contributed by atoms with Crippen molar-refractivity contribution < 1.29 is 9.32 Å². The van der Waals surface area contributed by atoms with Crippen LogP contribution in [-0.4, -0.2) is 17.1 Å². The highest BCUT2D eigenvalue weighted by atomic mass is 16.5. The molecule has 0 spiro atoms. The van der Waals surface area contributed by atoms with E-state index in [1.165, 1.54) is 6.20 Å². The SMILES string of the molecule is CC(C)NC(=O)c1cnoc1-c1ccccc1. The maximum Gasteiger partial charge on any atom is 0.257 e. The van der Waals surface area contributed by atoms with Gasteiger partial charge in [0, 0.05) is 11.6 Å². The third kappa shape index (κ3) is 2.53. The molecule has 0 aliphatic rings. The van der Waals surface area contributed by atoms with Crippen molar-refractivity contribution in [2.45, 2.75) is 19.9 Å². The van der Waals surface area contributed by atoms with Crippen LogP contribution in [0.5, 0.6) is 0 Å². The summed E-state index contributed by atoms with van der Waals surface area (Å²) in [6.45, 7) is 3.82. The van der Waals surface area contributed by atoms with Gasteiger partial charge in [0.05, 0.1) is 6.20 Å². The second-order valence-electron chi connectivity index (χ2n) is 4.06. The van der Waals surface area contributed by atoms with E-state index in [4.69, 9.17) is 4.52 Å². The fourth-order valence-corrected chi connectivity index (χ4v) is 1.54. The molecule has 1 aromatic carbocycles. The van der Waals surface area contributed by atoms with Crippen molar-refractivity contribution in [3.05, 3.63) is 42.1 Å². The van der Waals surface area contributed by atoms with Gasteiger partial charge < -0.3 is 9.84 Å². The molecule has 0 aliphatic carbocycles. The number of carbonyl (C=O) groups is 1. The van der Waals surface area contributed by atoms with Crippen LogP contribution in [0.2, 0.25) is 0 Å². The zero-order valence-corrected chi connectivity index (χ0v) is 9.81. The first-order chi connectivity index (χ1) is 8.18. The summed E-state index contributed by atoms with van der Waals surface area (Å²) >= 11 is 0. The zero-order chi connectivity index (χ0) is 12.3. The molecule has 1 heterocycles. The second kappa shape index (κ2) is 4.82. The number of carbonyl (C=O) groups excluding carboxylic acids is 1. The average Bonchev–Trinajstić information content (AvgIpc) is 2.78. The average molecular weight is 230 g/mol. The summed E-state index contributed by atoms with van der Waals surface area (Å²) < 4.78 is 5.14. The Bertz CT molecular complexity index is 503. The molecular weight excluding hydrogens is 216 g/mol. The number of hydrogen-bond donors (Lipinski definition) is 1. The second-order valence-corrected chi connectivity index (χ2v) is 4.06. The smallest absolute Gasteiger partial charge is 0.257 e. The summed E-state index contributed by atoms with van der Waals surface area (Å²) in [7, 11) is 0. The predicted octanol–water partition coefficient (Wildman–Crippen LogP) is 2.48. The molecule has 0 saturated heterocycles. The van der Waals surface area contributed by atoms with Crippen LogP contribution in [-0.2, 0) is 0 Å². The fraction of sp³-hybridized carbons (Fsp3) is 0.231. The van der Waals surface area contributed by atoms with Gasteiger partial charge in [-0.1, -0.05) is 35.5 Å². The maximum absolute atomic E-state index is 11.9. The number of nitrogens with one attached hydrogen (secondary N) is 1. The Morgan fingerprint density at radius 3 is 2.65 bits per heavy atom. The number of aromatic nitrogens is 1. The van der Waals surface area contributed by atoms with Gasteiger partial charge in [0.25, 0.3) is 5.91 Å². The lowest BCUT2D eigenvalue weighted by atomic mass is 10.1. The molecular formula is C13H14N2O2. The first kappa shape index (κ1) is 11.4. The highest BCUT2D eigenvalue weighted by Crippen LogP contribution is 2.22. The van der Waals surface area contributed by atoms with Gasteiger partial charge in [-0.2, -0.15) is 0 Å². The van der Waals surface area contributed by atoms with Crippen molar-refractivity contribution in [3.8, 4) is 11.3 Å². The Kier molecular flexibility index (Phi) is 3.23. The first-order valence-electron chi connectivity index (χ1n) is 5.49. The fourth-order valence-electron chi connectivity index (χ4n) is 1.54. The molecule has 0 fully saturated rings. The standard InChI is InChI=1S/C13H14N2O2/c1-9(2)15-13(16)11-8-14-17-12(11)10-6-4-3-5-7-10/h3-9H,1-2H3,(H,15,16). The van der Waals surface area contributed by atoms with Gasteiger partial charge in [0.15, 0.2) is 5.76 Å². The van der Waals surface area contributed by atoms with E-state index in [0.29, 0.717) is 11.3 Å². The summed E-state index contributed by atoms with van der Waals surface area (Å²) in [5.74, 6) is 0.337. The Hall–Kier alpha value is -2.10. The molecule has 2 rings (SSSR count). The van der Waals surface area contributed by atoms with Crippen molar-refractivity contribution in [1.82, 2.24) is 10.5 Å². The third-order valence-corrected chi connectivity index (χ3v) is 2.27. The Morgan fingerprint density at radius 2 is 2.00 bits per heavy atom. The minimum absolute atomic E-state index is 0.0843. The molecule has 0 unspecified atom stereocenters. The highest BCUT2D eigenvalue weighted by Gasteiger charge is 2.17. The summed E-state index contributed by atoms with van der Waals surface area (Å²) in [6.07, 6.45) is 1.44. The van der Waals surface area contributed by atoms with E-state index in [0.717, 1.165) is 5.56 Å². The third-order valence-electron chi connectivity index (χ3n) is 2.27.